The van der Waals surface area contributed by atoms with Gasteiger partial charge in [-0.2, -0.15) is 0 Å². The molecule has 0 aromatic rings. The molecule has 0 aliphatic heterocycles. The van der Waals surface area contributed by atoms with Crippen LogP contribution in [0.4, 0.5) is 0 Å². The van der Waals surface area contributed by atoms with Crippen molar-refractivity contribution in [2.24, 2.45) is 0 Å². The van der Waals surface area contributed by atoms with Crippen molar-refractivity contribution in [2.45, 2.75) is 33.3 Å². The topological polar surface area (TPSA) is 29.5 Å². The van der Waals surface area contributed by atoms with Crippen LogP contribution in [0.3, 0.4) is 0 Å². The lowest BCUT2D eigenvalue weighted by Crippen LogP contribution is -2.41. The van der Waals surface area contributed by atoms with Gasteiger partial charge in [-0.05, 0) is 26.9 Å². The fourth-order valence-electron chi connectivity index (χ4n) is 1.33. The predicted octanol–water partition coefficient (Wildman–Crippen LogP) is 1.84. The van der Waals surface area contributed by atoms with Gasteiger partial charge in [-0.3, -0.25) is 4.90 Å². The number of carbonyl (C=O) groups excluding carboxylic acids is 1. The summed E-state index contributed by atoms with van der Waals surface area (Å²) in [6.45, 7) is 14.1. The third kappa shape index (κ3) is 5.02. The Bertz CT molecular complexity index is 195. The van der Waals surface area contributed by atoms with Crippen LogP contribution < -0.4 is 0 Å². The van der Waals surface area contributed by atoms with Crippen LogP contribution in [-0.2, 0) is 9.53 Å². The van der Waals surface area contributed by atoms with Gasteiger partial charge in [-0.25, -0.2) is 4.79 Å². The Morgan fingerprint density at radius 3 is 2.29 bits per heavy atom. The Kier molecular flexibility index (Phi) is 5.46. The fourth-order valence-corrected chi connectivity index (χ4v) is 1.33. The summed E-state index contributed by atoms with van der Waals surface area (Å²) in [5, 5.41) is 0. The van der Waals surface area contributed by atoms with Crippen molar-refractivity contribution >= 4 is 5.97 Å². The van der Waals surface area contributed by atoms with Gasteiger partial charge >= 0.3 is 5.97 Å². The molecule has 3 nitrogen and oxygen atoms in total. The number of likely N-dealkylation sites (N-methyl/N-ethyl adjacent to an activating group) is 1. The van der Waals surface area contributed by atoms with E-state index >= 15 is 0 Å². The monoisotopic (exact) mass is 199 g/mol. The standard InChI is InChI=1S/C11H21NO2/c1-6-10(13)14-11(4,5)9-12(7-2)8-3/h6H,1,7-9H2,2-5H3. The van der Waals surface area contributed by atoms with Gasteiger partial charge in [0.2, 0.25) is 0 Å². The zero-order valence-corrected chi connectivity index (χ0v) is 9.67. The maximum atomic E-state index is 11.0. The molecule has 0 radical (unpaired) electrons. The minimum atomic E-state index is -0.447. The molecule has 0 aromatic heterocycles. The van der Waals surface area contributed by atoms with Crippen LogP contribution in [0.1, 0.15) is 27.7 Å². The van der Waals surface area contributed by atoms with Crippen LogP contribution in [0.2, 0.25) is 0 Å². The number of rotatable bonds is 6. The van der Waals surface area contributed by atoms with Crippen molar-refractivity contribution in [2.75, 3.05) is 19.6 Å². The molecule has 0 aliphatic rings. The van der Waals surface area contributed by atoms with Crippen molar-refractivity contribution < 1.29 is 9.53 Å². The summed E-state index contributed by atoms with van der Waals surface area (Å²) < 4.78 is 5.22. The molecular weight excluding hydrogens is 178 g/mol. The summed E-state index contributed by atoms with van der Waals surface area (Å²) >= 11 is 0. The van der Waals surface area contributed by atoms with Crippen molar-refractivity contribution in [3.05, 3.63) is 12.7 Å². The zero-order chi connectivity index (χ0) is 11.2. The first-order chi connectivity index (χ1) is 6.45. The molecule has 0 heterocycles. The van der Waals surface area contributed by atoms with Crippen molar-refractivity contribution in [1.82, 2.24) is 4.90 Å². The van der Waals surface area contributed by atoms with Crippen LogP contribution in [0.5, 0.6) is 0 Å². The van der Waals surface area contributed by atoms with E-state index < -0.39 is 5.60 Å². The van der Waals surface area contributed by atoms with Crippen molar-refractivity contribution in [1.29, 1.82) is 0 Å². The highest BCUT2D eigenvalue weighted by Crippen LogP contribution is 2.11. The number of ether oxygens (including phenoxy) is 1. The highest BCUT2D eigenvalue weighted by molar-refractivity contribution is 5.81. The van der Waals surface area contributed by atoms with Crippen LogP contribution in [0.25, 0.3) is 0 Å². The molecule has 82 valence electrons. The third-order valence-electron chi connectivity index (χ3n) is 2.04. The van der Waals surface area contributed by atoms with E-state index in [0.717, 1.165) is 19.6 Å². The summed E-state index contributed by atoms with van der Waals surface area (Å²) in [5.41, 5.74) is -0.447. The maximum Gasteiger partial charge on any atom is 0.330 e. The summed E-state index contributed by atoms with van der Waals surface area (Å²) in [7, 11) is 0. The quantitative estimate of drug-likeness (QED) is 0.483. The molecule has 0 saturated heterocycles. The van der Waals surface area contributed by atoms with E-state index in [9.17, 15) is 4.79 Å². The highest BCUT2D eigenvalue weighted by atomic mass is 16.6. The Balaban J connectivity index is 4.17. The second kappa shape index (κ2) is 5.81. The SMILES string of the molecule is C=CC(=O)OC(C)(C)CN(CC)CC. The van der Waals surface area contributed by atoms with Gasteiger partial charge in [-0.1, -0.05) is 20.4 Å². The van der Waals surface area contributed by atoms with E-state index in [2.05, 4.69) is 25.3 Å². The highest BCUT2D eigenvalue weighted by Gasteiger charge is 2.23. The third-order valence-corrected chi connectivity index (χ3v) is 2.04. The summed E-state index contributed by atoms with van der Waals surface area (Å²) in [4.78, 5) is 13.2. The Morgan fingerprint density at radius 2 is 1.93 bits per heavy atom. The Labute approximate surface area is 86.7 Å². The second-order valence-corrected chi connectivity index (χ2v) is 3.85. The van der Waals surface area contributed by atoms with Gasteiger partial charge in [-0.15, -0.1) is 0 Å². The number of carbonyl (C=O) groups is 1. The molecule has 0 bridgehead atoms. The van der Waals surface area contributed by atoms with Crippen LogP contribution >= 0.6 is 0 Å². The largest absolute Gasteiger partial charge is 0.455 e. The smallest absolute Gasteiger partial charge is 0.330 e. The second-order valence-electron chi connectivity index (χ2n) is 3.85. The first-order valence-electron chi connectivity index (χ1n) is 5.03. The lowest BCUT2D eigenvalue weighted by molar-refractivity contribution is -0.151. The minimum absolute atomic E-state index is 0.359. The van der Waals surface area contributed by atoms with Gasteiger partial charge in [0.25, 0.3) is 0 Å². The van der Waals surface area contributed by atoms with E-state index in [-0.39, 0.29) is 5.97 Å². The van der Waals surface area contributed by atoms with Gasteiger partial charge in [0.15, 0.2) is 0 Å². The molecule has 3 heteroatoms. The Morgan fingerprint density at radius 1 is 1.43 bits per heavy atom. The average Bonchev–Trinajstić information content (AvgIpc) is 2.13. The summed E-state index contributed by atoms with van der Waals surface area (Å²) in [5.74, 6) is -0.359. The van der Waals surface area contributed by atoms with Gasteiger partial charge < -0.3 is 4.74 Å². The molecule has 0 unspecified atom stereocenters. The van der Waals surface area contributed by atoms with Crippen LogP contribution in [0, 0.1) is 0 Å². The van der Waals surface area contributed by atoms with E-state index in [1.807, 2.05) is 13.8 Å². The predicted molar refractivity (Wildman–Crippen MR) is 58.2 cm³/mol. The molecule has 0 spiro atoms. The van der Waals surface area contributed by atoms with Gasteiger partial charge in [0.05, 0.1) is 0 Å². The molecule has 14 heavy (non-hydrogen) atoms. The van der Waals surface area contributed by atoms with E-state index in [1.165, 1.54) is 6.08 Å². The minimum Gasteiger partial charge on any atom is -0.455 e. The van der Waals surface area contributed by atoms with Crippen molar-refractivity contribution in [3.8, 4) is 0 Å². The summed E-state index contributed by atoms with van der Waals surface area (Å²) in [6, 6.07) is 0. The fraction of sp³-hybridized carbons (Fsp3) is 0.727. The average molecular weight is 199 g/mol. The number of hydrogen-bond donors (Lipinski definition) is 0. The number of esters is 1. The number of hydrogen-bond acceptors (Lipinski definition) is 3. The summed E-state index contributed by atoms with van der Waals surface area (Å²) in [6.07, 6.45) is 1.20. The van der Waals surface area contributed by atoms with E-state index in [4.69, 9.17) is 4.74 Å². The van der Waals surface area contributed by atoms with Crippen molar-refractivity contribution in [3.63, 3.8) is 0 Å². The molecule has 0 atom stereocenters. The Hall–Kier alpha value is -0.830. The molecule has 0 aromatic carbocycles. The van der Waals surface area contributed by atoms with Crippen LogP contribution in [0.15, 0.2) is 12.7 Å². The first-order valence-corrected chi connectivity index (χ1v) is 5.03. The lowest BCUT2D eigenvalue weighted by Gasteiger charge is -2.30. The molecule has 0 aliphatic carbocycles. The van der Waals surface area contributed by atoms with Gasteiger partial charge in [0.1, 0.15) is 5.60 Å². The molecule has 0 rings (SSSR count). The maximum absolute atomic E-state index is 11.0. The zero-order valence-electron chi connectivity index (χ0n) is 9.67. The van der Waals surface area contributed by atoms with E-state index in [0.29, 0.717) is 0 Å². The van der Waals surface area contributed by atoms with Crippen LogP contribution in [-0.4, -0.2) is 36.1 Å². The first kappa shape index (κ1) is 13.2. The molecule has 0 N–H and O–H groups in total. The number of nitrogens with zero attached hydrogens (tertiary/aromatic N) is 1. The van der Waals surface area contributed by atoms with Gasteiger partial charge in [0, 0.05) is 12.6 Å². The van der Waals surface area contributed by atoms with E-state index in [1.54, 1.807) is 0 Å². The molecular formula is C11H21NO2. The molecule has 0 fully saturated rings. The molecule has 0 saturated carbocycles. The normalized spacial score (nSPS) is 11.5. The lowest BCUT2D eigenvalue weighted by atomic mass is 10.1. The molecule has 0 amide bonds.